The molecule has 4 heteroatoms. The molecule has 0 atom stereocenters. The van der Waals surface area contributed by atoms with E-state index in [2.05, 4.69) is 5.43 Å². The maximum absolute atomic E-state index is 11.6. The first-order valence-electron chi connectivity index (χ1n) is 3.94. The van der Waals surface area contributed by atoms with E-state index in [0.717, 1.165) is 0 Å². The summed E-state index contributed by atoms with van der Waals surface area (Å²) in [4.78, 5) is 13.1. The summed E-state index contributed by atoms with van der Waals surface area (Å²) in [5.41, 5.74) is 3.70. The van der Waals surface area contributed by atoms with E-state index in [-0.39, 0.29) is 5.91 Å². The van der Waals surface area contributed by atoms with Gasteiger partial charge in [0.15, 0.2) is 0 Å². The molecule has 0 heterocycles. The molecule has 0 aliphatic heterocycles. The third-order valence-corrected chi connectivity index (χ3v) is 1.72. The van der Waals surface area contributed by atoms with E-state index in [0.29, 0.717) is 11.3 Å². The monoisotopic (exact) mass is 179 g/mol. The molecule has 1 aromatic rings. The van der Waals surface area contributed by atoms with E-state index in [1.165, 1.54) is 4.90 Å². The standard InChI is InChI=1S/C9H13N3O/c1-12(2)9(13)7-5-3-4-6-8(7)11-10/h3-6,11H,10H2,1-2H3. The van der Waals surface area contributed by atoms with Crippen molar-refractivity contribution in [1.82, 2.24) is 4.90 Å². The Balaban J connectivity index is 3.06. The second-order valence-electron chi connectivity index (χ2n) is 2.89. The molecule has 0 saturated heterocycles. The molecule has 0 radical (unpaired) electrons. The maximum atomic E-state index is 11.6. The van der Waals surface area contributed by atoms with Crippen LogP contribution in [0.4, 0.5) is 5.69 Å². The van der Waals surface area contributed by atoms with Crippen molar-refractivity contribution in [3.05, 3.63) is 29.8 Å². The molecule has 13 heavy (non-hydrogen) atoms. The number of benzene rings is 1. The average Bonchev–Trinajstić information content (AvgIpc) is 2.16. The minimum Gasteiger partial charge on any atom is -0.345 e. The van der Waals surface area contributed by atoms with Crippen LogP contribution in [0.3, 0.4) is 0 Å². The molecule has 0 unspecified atom stereocenters. The van der Waals surface area contributed by atoms with E-state index in [4.69, 9.17) is 5.84 Å². The highest BCUT2D eigenvalue weighted by Gasteiger charge is 2.11. The number of hydrogen-bond acceptors (Lipinski definition) is 3. The van der Waals surface area contributed by atoms with Gasteiger partial charge < -0.3 is 10.3 Å². The van der Waals surface area contributed by atoms with E-state index in [1.807, 2.05) is 6.07 Å². The summed E-state index contributed by atoms with van der Waals surface area (Å²) in [6.07, 6.45) is 0. The number of nitrogens with two attached hydrogens (primary N) is 1. The predicted molar refractivity (Wildman–Crippen MR) is 52.3 cm³/mol. The van der Waals surface area contributed by atoms with E-state index < -0.39 is 0 Å². The summed E-state index contributed by atoms with van der Waals surface area (Å²) in [5.74, 6) is 5.21. The molecule has 0 bridgehead atoms. The Morgan fingerprint density at radius 1 is 1.38 bits per heavy atom. The summed E-state index contributed by atoms with van der Waals surface area (Å²) in [5, 5.41) is 0. The first-order valence-corrected chi connectivity index (χ1v) is 3.94. The Bertz CT molecular complexity index is 309. The van der Waals surface area contributed by atoms with Gasteiger partial charge in [0.25, 0.3) is 5.91 Å². The first-order chi connectivity index (χ1) is 6.16. The zero-order chi connectivity index (χ0) is 9.84. The summed E-state index contributed by atoms with van der Waals surface area (Å²) < 4.78 is 0. The summed E-state index contributed by atoms with van der Waals surface area (Å²) in [6.45, 7) is 0. The van der Waals surface area contributed by atoms with Crippen molar-refractivity contribution in [3.8, 4) is 0 Å². The fourth-order valence-electron chi connectivity index (χ4n) is 1.04. The fourth-order valence-corrected chi connectivity index (χ4v) is 1.04. The fraction of sp³-hybridized carbons (Fsp3) is 0.222. The average molecular weight is 179 g/mol. The number of anilines is 1. The zero-order valence-corrected chi connectivity index (χ0v) is 7.74. The molecule has 3 N–H and O–H groups in total. The van der Waals surface area contributed by atoms with Crippen molar-refractivity contribution < 1.29 is 4.79 Å². The normalized spacial score (nSPS) is 9.46. The lowest BCUT2D eigenvalue weighted by atomic mass is 10.1. The molecular formula is C9H13N3O. The van der Waals surface area contributed by atoms with Crippen LogP contribution in [0.25, 0.3) is 0 Å². The zero-order valence-electron chi connectivity index (χ0n) is 7.74. The van der Waals surface area contributed by atoms with Gasteiger partial charge >= 0.3 is 0 Å². The highest BCUT2D eigenvalue weighted by molar-refractivity contribution is 5.99. The molecule has 0 aliphatic rings. The van der Waals surface area contributed by atoms with Crippen LogP contribution in [-0.2, 0) is 0 Å². The number of nitrogens with zero attached hydrogens (tertiary/aromatic N) is 1. The molecule has 0 aromatic heterocycles. The van der Waals surface area contributed by atoms with Gasteiger partial charge in [0.1, 0.15) is 0 Å². The lowest BCUT2D eigenvalue weighted by Gasteiger charge is -2.13. The van der Waals surface area contributed by atoms with Gasteiger partial charge in [-0.2, -0.15) is 0 Å². The number of hydrogen-bond donors (Lipinski definition) is 2. The van der Waals surface area contributed by atoms with Gasteiger partial charge in [-0.15, -0.1) is 0 Å². The van der Waals surface area contributed by atoms with Crippen LogP contribution < -0.4 is 11.3 Å². The van der Waals surface area contributed by atoms with Gasteiger partial charge in [-0.25, -0.2) is 0 Å². The molecule has 1 amide bonds. The SMILES string of the molecule is CN(C)C(=O)c1ccccc1NN. The largest absolute Gasteiger partial charge is 0.345 e. The highest BCUT2D eigenvalue weighted by Crippen LogP contribution is 2.14. The number of amides is 1. The van der Waals surface area contributed by atoms with Crippen LogP contribution >= 0.6 is 0 Å². The Kier molecular flexibility index (Phi) is 2.87. The van der Waals surface area contributed by atoms with Crippen LogP contribution in [0.1, 0.15) is 10.4 Å². The number of carbonyl (C=O) groups excluding carboxylic acids is 1. The summed E-state index contributed by atoms with van der Waals surface area (Å²) in [6, 6.07) is 7.12. The lowest BCUT2D eigenvalue weighted by molar-refractivity contribution is 0.0828. The van der Waals surface area contributed by atoms with Crippen molar-refractivity contribution in [1.29, 1.82) is 0 Å². The van der Waals surface area contributed by atoms with Gasteiger partial charge in [0.2, 0.25) is 0 Å². The van der Waals surface area contributed by atoms with Crippen LogP contribution in [0.15, 0.2) is 24.3 Å². The van der Waals surface area contributed by atoms with Gasteiger partial charge in [-0.1, -0.05) is 12.1 Å². The molecule has 0 fully saturated rings. The molecular weight excluding hydrogens is 166 g/mol. The maximum Gasteiger partial charge on any atom is 0.255 e. The number of hydrazine groups is 1. The van der Waals surface area contributed by atoms with Crippen LogP contribution in [0.5, 0.6) is 0 Å². The van der Waals surface area contributed by atoms with Crippen molar-refractivity contribution in [3.63, 3.8) is 0 Å². The van der Waals surface area contributed by atoms with Crippen LogP contribution in [0, 0.1) is 0 Å². The second kappa shape index (κ2) is 3.91. The smallest absolute Gasteiger partial charge is 0.255 e. The van der Waals surface area contributed by atoms with Gasteiger partial charge in [-0.3, -0.25) is 10.6 Å². The lowest BCUT2D eigenvalue weighted by Crippen LogP contribution is -2.23. The molecule has 1 aromatic carbocycles. The molecule has 4 nitrogen and oxygen atoms in total. The highest BCUT2D eigenvalue weighted by atomic mass is 16.2. The molecule has 0 spiro atoms. The van der Waals surface area contributed by atoms with E-state index in [9.17, 15) is 4.79 Å². The van der Waals surface area contributed by atoms with Gasteiger partial charge in [-0.05, 0) is 12.1 Å². The first kappa shape index (κ1) is 9.54. The van der Waals surface area contributed by atoms with Crippen molar-refractivity contribution in [2.45, 2.75) is 0 Å². The third kappa shape index (κ3) is 1.97. The molecule has 70 valence electrons. The van der Waals surface area contributed by atoms with Crippen molar-refractivity contribution >= 4 is 11.6 Å². The predicted octanol–water partition coefficient (Wildman–Crippen LogP) is 0.674. The van der Waals surface area contributed by atoms with Gasteiger partial charge in [0.05, 0.1) is 11.3 Å². The van der Waals surface area contributed by atoms with Crippen LogP contribution in [-0.4, -0.2) is 24.9 Å². The minimum absolute atomic E-state index is 0.0615. The Labute approximate surface area is 77.3 Å². The Morgan fingerprint density at radius 2 is 2.00 bits per heavy atom. The third-order valence-electron chi connectivity index (χ3n) is 1.72. The topological polar surface area (TPSA) is 58.4 Å². The van der Waals surface area contributed by atoms with Gasteiger partial charge in [0, 0.05) is 14.1 Å². The van der Waals surface area contributed by atoms with Crippen LogP contribution in [0.2, 0.25) is 0 Å². The Morgan fingerprint density at radius 3 is 2.54 bits per heavy atom. The number of rotatable bonds is 2. The second-order valence-corrected chi connectivity index (χ2v) is 2.89. The number of para-hydroxylation sites is 1. The number of carbonyl (C=O) groups is 1. The Hall–Kier alpha value is -1.55. The summed E-state index contributed by atoms with van der Waals surface area (Å²) in [7, 11) is 3.41. The number of nitrogen functional groups attached to an aromatic ring is 1. The van der Waals surface area contributed by atoms with Crippen molar-refractivity contribution in [2.24, 2.45) is 5.84 Å². The molecule has 1 rings (SSSR count). The van der Waals surface area contributed by atoms with Crippen molar-refractivity contribution in [2.75, 3.05) is 19.5 Å². The molecule has 0 saturated carbocycles. The molecule has 0 aliphatic carbocycles. The van der Waals surface area contributed by atoms with E-state index >= 15 is 0 Å². The quantitative estimate of drug-likeness (QED) is 0.518. The van der Waals surface area contributed by atoms with E-state index in [1.54, 1.807) is 32.3 Å². The minimum atomic E-state index is -0.0615. The summed E-state index contributed by atoms with van der Waals surface area (Å²) >= 11 is 0. The number of nitrogens with one attached hydrogen (secondary N) is 1.